The smallest absolute Gasteiger partial charge is 0.200 e. The maximum Gasteiger partial charge on any atom is 0.200 e. The molecule has 0 fully saturated rings. The standard InChI is InChI=1S/C24H19N3O3S/c1-29-19-12-14(13-20(30-2)22(19)28)11-15(23-25-16-7-3-4-8-17(16)26-23)24-27-18-9-5-6-10-21(18)31-24/h3-13,28H,1-2H3,(H,25,26)/b15-11+. The van der Waals surface area contributed by atoms with Crippen LogP contribution in [0.4, 0.5) is 0 Å². The van der Waals surface area contributed by atoms with Crippen molar-refractivity contribution in [3.8, 4) is 17.2 Å². The predicted octanol–water partition coefficient (Wildman–Crippen LogP) is 5.48. The minimum Gasteiger partial charge on any atom is -0.502 e. The molecular formula is C24H19N3O3S. The SMILES string of the molecule is COc1cc(/C=C(\c2nc3ccccc3[nH]2)c2nc3ccccc3s2)cc(OC)c1O. The topological polar surface area (TPSA) is 80.3 Å². The molecule has 0 saturated heterocycles. The van der Waals surface area contributed by atoms with Crippen LogP contribution in [0.1, 0.15) is 16.4 Å². The minimum atomic E-state index is -0.0348. The van der Waals surface area contributed by atoms with Crippen molar-refractivity contribution < 1.29 is 14.6 Å². The zero-order chi connectivity index (χ0) is 21.4. The van der Waals surface area contributed by atoms with Gasteiger partial charge in [-0.25, -0.2) is 9.97 Å². The number of methoxy groups -OCH3 is 2. The van der Waals surface area contributed by atoms with E-state index in [2.05, 4.69) is 11.1 Å². The van der Waals surface area contributed by atoms with Gasteiger partial charge in [-0.1, -0.05) is 24.3 Å². The summed E-state index contributed by atoms with van der Waals surface area (Å²) in [6, 6.07) is 19.5. The second kappa shape index (κ2) is 7.77. The van der Waals surface area contributed by atoms with Gasteiger partial charge in [-0.05, 0) is 48.0 Å². The molecule has 6 nitrogen and oxygen atoms in total. The number of imidazole rings is 1. The summed E-state index contributed by atoms with van der Waals surface area (Å²) in [6.45, 7) is 0. The molecular weight excluding hydrogens is 410 g/mol. The fourth-order valence-corrected chi connectivity index (χ4v) is 4.45. The summed E-state index contributed by atoms with van der Waals surface area (Å²) in [5, 5.41) is 11.1. The van der Waals surface area contributed by atoms with E-state index in [0.717, 1.165) is 37.4 Å². The van der Waals surface area contributed by atoms with Crippen LogP contribution in [-0.2, 0) is 0 Å². The second-order valence-electron chi connectivity index (χ2n) is 6.92. The van der Waals surface area contributed by atoms with Gasteiger partial charge in [-0.2, -0.15) is 0 Å². The number of H-pyrrole nitrogens is 1. The third kappa shape index (κ3) is 3.49. The third-order valence-electron chi connectivity index (χ3n) is 4.98. The number of nitrogens with zero attached hydrogens (tertiary/aromatic N) is 2. The quantitative estimate of drug-likeness (QED) is 0.386. The van der Waals surface area contributed by atoms with Gasteiger partial charge in [0, 0.05) is 0 Å². The molecule has 5 aromatic rings. The molecule has 7 heteroatoms. The summed E-state index contributed by atoms with van der Waals surface area (Å²) >= 11 is 1.60. The Bertz CT molecular complexity index is 1270. The molecule has 0 aliphatic rings. The lowest BCUT2D eigenvalue weighted by atomic mass is 10.1. The Kier molecular flexibility index (Phi) is 4.80. The first-order valence-corrected chi connectivity index (χ1v) is 10.5. The average molecular weight is 430 g/mol. The number of fused-ring (bicyclic) bond motifs is 2. The maximum absolute atomic E-state index is 10.3. The molecule has 154 valence electrons. The number of aromatic nitrogens is 3. The van der Waals surface area contributed by atoms with E-state index < -0.39 is 0 Å². The van der Waals surface area contributed by atoms with E-state index in [9.17, 15) is 5.11 Å². The number of thiazole rings is 1. The zero-order valence-electron chi connectivity index (χ0n) is 16.9. The van der Waals surface area contributed by atoms with Gasteiger partial charge in [0.1, 0.15) is 10.8 Å². The highest BCUT2D eigenvalue weighted by molar-refractivity contribution is 7.19. The fraction of sp³-hybridized carbons (Fsp3) is 0.0833. The second-order valence-corrected chi connectivity index (χ2v) is 7.95. The molecule has 0 saturated carbocycles. The first-order chi connectivity index (χ1) is 15.2. The van der Waals surface area contributed by atoms with Crippen molar-refractivity contribution in [3.05, 3.63) is 77.1 Å². The molecule has 0 unspecified atom stereocenters. The Morgan fingerprint density at radius 3 is 2.29 bits per heavy atom. The molecule has 3 aromatic carbocycles. The monoisotopic (exact) mass is 429 g/mol. The summed E-state index contributed by atoms with van der Waals surface area (Å²) < 4.78 is 11.7. The molecule has 0 bridgehead atoms. The Balaban J connectivity index is 1.74. The maximum atomic E-state index is 10.3. The molecule has 0 aliphatic heterocycles. The van der Waals surface area contributed by atoms with Gasteiger partial charge in [0.15, 0.2) is 11.5 Å². The third-order valence-corrected chi connectivity index (χ3v) is 6.05. The number of hydrogen-bond donors (Lipinski definition) is 2. The van der Waals surface area contributed by atoms with E-state index in [-0.39, 0.29) is 5.75 Å². The number of hydrogen-bond acceptors (Lipinski definition) is 6. The molecule has 5 rings (SSSR count). The summed E-state index contributed by atoms with van der Waals surface area (Å²) in [7, 11) is 3.02. The van der Waals surface area contributed by atoms with Crippen molar-refractivity contribution in [2.24, 2.45) is 0 Å². The van der Waals surface area contributed by atoms with Gasteiger partial charge >= 0.3 is 0 Å². The van der Waals surface area contributed by atoms with Gasteiger partial charge in [0.05, 0.1) is 41.0 Å². The Hall–Kier alpha value is -3.84. The van der Waals surface area contributed by atoms with Crippen LogP contribution in [0, 0.1) is 0 Å². The first-order valence-electron chi connectivity index (χ1n) is 9.64. The molecule has 0 radical (unpaired) electrons. The molecule has 0 atom stereocenters. The van der Waals surface area contributed by atoms with E-state index in [1.54, 1.807) is 23.5 Å². The Morgan fingerprint density at radius 1 is 0.935 bits per heavy atom. The molecule has 0 amide bonds. The molecule has 31 heavy (non-hydrogen) atoms. The highest BCUT2D eigenvalue weighted by Gasteiger charge is 2.17. The van der Waals surface area contributed by atoms with Crippen molar-refractivity contribution in [1.29, 1.82) is 0 Å². The molecule has 0 spiro atoms. The largest absolute Gasteiger partial charge is 0.502 e. The van der Waals surface area contributed by atoms with Crippen molar-refractivity contribution in [1.82, 2.24) is 15.0 Å². The number of benzene rings is 3. The van der Waals surface area contributed by atoms with Crippen molar-refractivity contribution in [3.63, 3.8) is 0 Å². The lowest BCUT2D eigenvalue weighted by Crippen LogP contribution is -1.93. The number of para-hydroxylation sites is 3. The average Bonchev–Trinajstić information content (AvgIpc) is 3.42. The number of phenolic OH excluding ortho intramolecular Hbond substituents is 1. The molecule has 2 heterocycles. The number of ether oxygens (including phenoxy) is 2. The number of phenols is 1. The van der Waals surface area contributed by atoms with Crippen LogP contribution >= 0.6 is 11.3 Å². The van der Waals surface area contributed by atoms with E-state index in [0.29, 0.717) is 17.3 Å². The van der Waals surface area contributed by atoms with Gasteiger partial charge < -0.3 is 19.6 Å². The van der Waals surface area contributed by atoms with Crippen LogP contribution in [-0.4, -0.2) is 34.3 Å². The van der Waals surface area contributed by atoms with Crippen LogP contribution in [0.25, 0.3) is 32.9 Å². The van der Waals surface area contributed by atoms with Gasteiger partial charge in [-0.3, -0.25) is 0 Å². The highest BCUT2D eigenvalue weighted by Crippen LogP contribution is 2.39. The van der Waals surface area contributed by atoms with Crippen LogP contribution in [0.3, 0.4) is 0 Å². The fourth-order valence-electron chi connectivity index (χ4n) is 3.46. The zero-order valence-corrected chi connectivity index (χ0v) is 17.7. The van der Waals surface area contributed by atoms with Crippen molar-refractivity contribution >= 4 is 44.2 Å². The Morgan fingerprint density at radius 2 is 1.61 bits per heavy atom. The highest BCUT2D eigenvalue weighted by atomic mass is 32.1. The van der Waals surface area contributed by atoms with E-state index >= 15 is 0 Å². The summed E-state index contributed by atoms with van der Waals surface area (Å²) in [4.78, 5) is 13.0. The minimum absolute atomic E-state index is 0.0348. The number of rotatable bonds is 5. The van der Waals surface area contributed by atoms with Gasteiger partial charge in [0.2, 0.25) is 5.75 Å². The molecule has 2 aromatic heterocycles. The number of aromatic amines is 1. The molecule has 2 N–H and O–H groups in total. The summed E-state index contributed by atoms with van der Waals surface area (Å²) in [6.07, 6.45) is 1.97. The normalized spacial score (nSPS) is 11.9. The molecule has 0 aliphatic carbocycles. The van der Waals surface area contributed by atoms with Crippen molar-refractivity contribution in [2.45, 2.75) is 0 Å². The Labute approximate surface area is 182 Å². The van der Waals surface area contributed by atoms with Gasteiger partial charge in [-0.15, -0.1) is 11.3 Å². The predicted molar refractivity (Wildman–Crippen MR) is 124 cm³/mol. The van der Waals surface area contributed by atoms with E-state index in [1.165, 1.54) is 14.2 Å². The summed E-state index contributed by atoms with van der Waals surface area (Å²) in [5.74, 6) is 1.34. The number of aromatic hydroxyl groups is 1. The van der Waals surface area contributed by atoms with Gasteiger partial charge in [0.25, 0.3) is 0 Å². The number of nitrogens with one attached hydrogen (secondary N) is 1. The first kappa shape index (κ1) is 19.1. The van der Waals surface area contributed by atoms with Crippen LogP contribution in [0.15, 0.2) is 60.7 Å². The van der Waals surface area contributed by atoms with Crippen molar-refractivity contribution in [2.75, 3.05) is 14.2 Å². The van der Waals surface area contributed by atoms with E-state index in [4.69, 9.17) is 19.4 Å². The summed E-state index contributed by atoms with van der Waals surface area (Å²) in [5.41, 5.74) is 4.40. The van der Waals surface area contributed by atoms with Crippen LogP contribution < -0.4 is 9.47 Å². The lowest BCUT2D eigenvalue weighted by molar-refractivity contribution is 0.340. The van der Waals surface area contributed by atoms with Crippen LogP contribution in [0.5, 0.6) is 17.2 Å². The lowest BCUT2D eigenvalue weighted by Gasteiger charge is -2.10. The van der Waals surface area contributed by atoms with E-state index in [1.807, 2.05) is 48.5 Å². The van der Waals surface area contributed by atoms with Crippen LogP contribution in [0.2, 0.25) is 0 Å².